The maximum Gasteiger partial charge on any atom is 0.225 e. The second kappa shape index (κ2) is 2.82. The number of hydrogen-bond donors (Lipinski definition) is 2. The monoisotopic (exact) mass is 175 g/mol. The maximum absolute atomic E-state index is 5.63. The van der Waals surface area contributed by atoms with Crippen LogP contribution in [-0.2, 0) is 0 Å². The van der Waals surface area contributed by atoms with Crippen LogP contribution < -0.4 is 11.5 Å². The first-order valence-electron chi connectivity index (χ1n) is 3.82. The molecule has 0 spiro atoms. The molecule has 0 bridgehead atoms. The van der Waals surface area contributed by atoms with Crippen molar-refractivity contribution in [3.8, 4) is 11.5 Å². The lowest BCUT2D eigenvalue weighted by atomic mass is 10.2. The summed E-state index contributed by atoms with van der Waals surface area (Å²) in [4.78, 5) is 3.99. The van der Waals surface area contributed by atoms with Crippen LogP contribution in [0.15, 0.2) is 35.1 Å². The van der Waals surface area contributed by atoms with E-state index in [0.717, 1.165) is 5.56 Å². The molecule has 0 unspecified atom stereocenters. The lowest BCUT2D eigenvalue weighted by Crippen LogP contribution is -1.94. The first-order chi connectivity index (χ1) is 6.27. The molecule has 1 aromatic carbocycles. The quantitative estimate of drug-likeness (QED) is 0.644. The normalized spacial score (nSPS) is 10.2. The minimum absolute atomic E-state index is 0.538. The van der Waals surface area contributed by atoms with Gasteiger partial charge in [0.2, 0.25) is 5.89 Å². The van der Waals surface area contributed by atoms with Crippen molar-refractivity contribution < 1.29 is 4.42 Å². The largest absolute Gasteiger partial charge is 0.445 e. The van der Waals surface area contributed by atoms with E-state index in [4.69, 9.17) is 15.9 Å². The number of nitrogen functional groups attached to an aromatic ring is 2. The first kappa shape index (κ1) is 7.67. The molecule has 0 aliphatic heterocycles. The third-order valence-corrected chi connectivity index (χ3v) is 1.77. The smallest absolute Gasteiger partial charge is 0.225 e. The molecule has 0 aliphatic carbocycles. The van der Waals surface area contributed by atoms with Crippen LogP contribution in [0.2, 0.25) is 0 Å². The standard InChI is InChI=1S/C9H9N3O/c10-7-2-1-6(5-8(7)11)9-12-3-4-13-9/h1-5H,10-11H2. The third-order valence-electron chi connectivity index (χ3n) is 1.77. The van der Waals surface area contributed by atoms with Crippen LogP contribution in [0.5, 0.6) is 0 Å². The summed E-state index contributed by atoms with van der Waals surface area (Å²) in [6.07, 6.45) is 3.10. The molecular formula is C9H9N3O. The van der Waals surface area contributed by atoms with Crippen LogP contribution >= 0.6 is 0 Å². The van der Waals surface area contributed by atoms with E-state index in [-0.39, 0.29) is 0 Å². The van der Waals surface area contributed by atoms with Crippen molar-refractivity contribution in [2.75, 3.05) is 11.5 Å². The lowest BCUT2D eigenvalue weighted by molar-refractivity contribution is 0.574. The number of nitrogens with two attached hydrogens (primary N) is 2. The molecule has 0 aliphatic rings. The van der Waals surface area contributed by atoms with Gasteiger partial charge in [-0.15, -0.1) is 0 Å². The zero-order valence-electron chi connectivity index (χ0n) is 6.90. The van der Waals surface area contributed by atoms with Gasteiger partial charge in [-0.3, -0.25) is 0 Å². The van der Waals surface area contributed by atoms with Gasteiger partial charge in [-0.1, -0.05) is 0 Å². The molecule has 1 heterocycles. The van der Waals surface area contributed by atoms with Crippen LogP contribution in [0.4, 0.5) is 11.4 Å². The van der Waals surface area contributed by atoms with Gasteiger partial charge in [-0.25, -0.2) is 4.98 Å². The average Bonchev–Trinajstić information content (AvgIpc) is 2.62. The zero-order chi connectivity index (χ0) is 9.26. The summed E-state index contributed by atoms with van der Waals surface area (Å²) >= 11 is 0. The van der Waals surface area contributed by atoms with Crippen molar-refractivity contribution >= 4 is 11.4 Å². The van der Waals surface area contributed by atoms with Crippen LogP contribution in [-0.4, -0.2) is 4.98 Å². The highest BCUT2D eigenvalue weighted by atomic mass is 16.3. The molecular weight excluding hydrogens is 166 g/mol. The van der Waals surface area contributed by atoms with Gasteiger partial charge in [-0.2, -0.15) is 0 Å². The molecule has 4 N–H and O–H groups in total. The minimum Gasteiger partial charge on any atom is -0.445 e. The molecule has 0 fully saturated rings. The summed E-state index contributed by atoms with van der Waals surface area (Å²) in [5.41, 5.74) is 13.1. The Morgan fingerprint density at radius 1 is 1.15 bits per heavy atom. The Morgan fingerprint density at radius 2 is 2.00 bits per heavy atom. The summed E-state index contributed by atoms with van der Waals surface area (Å²) in [6.45, 7) is 0. The fourth-order valence-electron chi connectivity index (χ4n) is 1.07. The maximum atomic E-state index is 5.63. The summed E-state index contributed by atoms with van der Waals surface area (Å²) in [5.74, 6) is 0.548. The van der Waals surface area contributed by atoms with Gasteiger partial charge in [0, 0.05) is 5.56 Å². The van der Waals surface area contributed by atoms with Crippen molar-refractivity contribution in [2.24, 2.45) is 0 Å². The third kappa shape index (κ3) is 1.33. The van der Waals surface area contributed by atoms with Crippen molar-refractivity contribution in [2.45, 2.75) is 0 Å². The molecule has 0 saturated heterocycles. The van der Waals surface area contributed by atoms with Crippen molar-refractivity contribution in [1.82, 2.24) is 4.98 Å². The number of oxazole rings is 1. The van der Waals surface area contributed by atoms with E-state index in [1.165, 1.54) is 6.26 Å². The highest BCUT2D eigenvalue weighted by molar-refractivity contribution is 5.70. The van der Waals surface area contributed by atoms with Crippen molar-refractivity contribution in [3.05, 3.63) is 30.7 Å². The molecule has 2 aromatic rings. The first-order valence-corrected chi connectivity index (χ1v) is 3.82. The Morgan fingerprint density at radius 3 is 2.62 bits per heavy atom. The summed E-state index contributed by atoms with van der Waals surface area (Å²) < 4.78 is 5.11. The molecule has 13 heavy (non-hydrogen) atoms. The van der Waals surface area contributed by atoms with E-state index in [0.29, 0.717) is 17.3 Å². The Kier molecular flexibility index (Phi) is 1.66. The Bertz CT molecular complexity index is 409. The van der Waals surface area contributed by atoms with Gasteiger partial charge in [0.1, 0.15) is 6.26 Å². The highest BCUT2D eigenvalue weighted by Crippen LogP contribution is 2.23. The highest BCUT2D eigenvalue weighted by Gasteiger charge is 2.03. The average molecular weight is 175 g/mol. The van der Waals surface area contributed by atoms with E-state index in [9.17, 15) is 0 Å². The van der Waals surface area contributed by atoms with Gasteiger partial charge >= 0.3 is 0 Å². The molecule has 4 nitrogen and oxygen atoms in total. The topological polar surface area (TPSA) is 78.1 Å². The van der Waals surface area contributed by atoms with Crippen molar-refractivity contribution in [1.29, 1.82) is 0 Å². The SMILES string of the molecule is Nc1ccc(-c2ncco2)cc1N. The Hall–Kier alpha value is -1.97. The molecule has 66 valence electrons. The van der Waals surface area contributed by atoms with Crippen LogP contribution in [0, 0.1) is 0 Å². The number of rotatable bonds is 1. The molecule has 0 atom stereocenters. The number of aromatic nitrogens is 1. The predicted octanol–water partition coefficient (Wildman–Crippen LogP) is 1.51. The Balaban J connectivity index is 2.49. The number of nitrogens with zero attached hydrogens (tertiary/aromatic N) is 1. The lowest BCUT2D eigenvalue weighted by Gasteiger charge is -2.00. The van der Waals surface area contributed by atoms with Gasteiger partial charge in [0.05, 0.1) is 17.6 Å². The Labute approximate surface area is 75.2 Å². The summed E-state index contributed by atoms with van der Waals surface area (Å²) in [5, 5.41) is 0. The molecule has 0 amide bonds. The second-order valence-corrected chi connectivity index (χ2v) is 2.68. The fraction of sp³-hybridized carbons (Fsp3) is 0. The zero-order valence-corrected chi connectivity index (χ0v) is 6.90. The van der Waals surface area contributed by atoms with Gasteiger partial charge in [-0.05, 0) is 18.2 Å². The van der Waals surface area contributed by atoms with E-state index >= 15 is 0 Å². The van der Waals surface area contributed by atoms with Crippen LogP contribution in [0.1, 0.15) is 0 Å². The van der Waals surface area contributed by atoms with Gasteiger partial charge < -0.3 is 15.9 Å². The van der Waals surface area contributed by atoms with E-state index in [1.54, 1.807) is 18.3 Å². The van der Waals surface area contributed by atoms with Gasteiger partial charge in [0.25, 0.3) is 0 Å². The van der Waals surface area contributed by atoms with Crippen LogP contribution in [0.3, 0.4) is 0 Å². The second-order valence-electron chi connectivity index (χ2n) is 2.68. The number of anilines is 2. The number of hydrogen-bond acceptors (Lipinski definition) is 4. The van der Waals surface area contributed by atoms with E-state index < -0.39 is 0 Å². The van der Waals surface area contributed by atoms with Crippen molar-refractivity contribution in [3.63, 3.8) is 0 Å². The number of benzene rings is 1. The van der Waals surface area contributed by atoms with E-state index in [2.05, 4.69) is 4.98 Å². The van der Waals surface area contributed by atoms with Crippen LogP contribution in [0.25, 0.3) is 11.5 Å². The molecule has 0 saturated carbocycles. The predicted molar refractivity (Wildman–Crippen MR) is 50.8 cm³/mol. The van der Waals surface area contributed by atoms with Gasteiger partial charge in [0.15, 0.2) is 0 Å². The fourth-order valence-corrected chi connectivity index (χ4v) is 1.07. The molecule has 1 aromatic heterocycles. The summed E-state index contributed by atoms with van der Waals surface area (Å²) in [7, 11) is 0. The van der Waals surface area contributed by atoms with E-state index in [1.807, 2.05) is 6.07 Å². The molecule has 2 rings (SSSR count). The minimum atomic E-state index is 0.538. The molecule has 0 radical (unpaired) electrons. The summed E-state index contributed by atoms with van der Waals surface area (Å²) in [6, 6.07) is 5.29. The molecule has 4 heteroatoms.